The van der Waals surface area contributed by atoms with Gasteiger partial charge in [-0.15, -0.1) is 11.8 Å². The largest absolute Gasteiger partial charge is 0.497 e. The van der Waals surface area contributed by atoms with Gasteiger partial charge in [-0.05, 0) is 54.7 Å². The van der Waals surface area contributed by atoms with Crippen LogP contribution >= 0.6 is 23.4 Å². The van der Waals surface area contributed by atoms with Gasteiger partial charge < -0.3 is 15.0 Å². The molecule has 1 N–H and O–H groups in total. The number of halogens is 1. The number of ether oxygens (including phenoxy) is 1. The van der Waals surface area contributed by atoms with E-state index in [9.17, 15) is 9.59 Å². The van der Waals surface area contributed by atoms with Crippen LogP contribution in [-0.2, 0) is 21.9 Å². The second-order valence-electron chi connectivity index (χ2n) is 8.41. The molecule has 7 heteroatoms. The van der Waals surface area contributed by atoms with E-state index in [1.165, 1.54) is 0 Å². The quantitative estimate of drug-likeness (QED) is 0.457. The fraction of sp³-hybridized carbons (Fsp3) is 0.462. The van der Waals surface area contributed by atoms with Crippen molar-refractivity contribution in [2.45, 2.75) is 63.4 Å². The van der Waals surface area contributed by atoms with Crippen LogP contribution in [0.15, 0.2) is 48.5 Å². The van der Waals surface area contributed by atoms with E-state index in [-0.39, 0.29) is 17.9 Å². The van der Waals surface area contributed by atoms with Gasteiger partial charge in [-0.1, -0.05) is 55.6 Å². The Kier molecular flexibility index (Phi) is 9.95. The molecule has 1 atom stereocenters. The highest BCUT2D eigenvalue weighted by Gasteiger charge is 2.30. The maximum Gasteiger partial charge on any atom is 0.243 e. The average molecular weight is 489 g/mol. The summed E-state index contributed by atoms with van der Waals surface area (Å²) in [7, 11) is 1.62. The lowest BCUT2D eigenvalue weighted by Crippen LogP contribution is -2.51. The van der Waals surface area contributed by atoms with Crippen LogP contribution in [0.5, 0.6) is 5.75 Å². The molecule has 1 aliphatic carbocycles. The summed E-state index contributed by atoms with van der Waals surface area (Å²) in [6.07, 6.45) is 4.90. The molecule has 1 fully saturated rings. The molecule has 178 valence electrons. The monoisotopic (exact) mass is 488 g/mol. The van der Waals surface area contributed by atoms with Gasteiger partial charge in [0.25, 0.3) is 0 Å². The Morgan fingerprint density at radius 3 is 2.55 bits per heavy atom. The topological polar surface area (TPSA) is 58.6 Å². The van der Waals surface area contributed by atoms with Crippen molar-refractivity contribution in [3.8, 4) is 5.75 Å². The fourth-order valence-corrected chi connectivity index (χ4v) is 5.17. The van der Waals surface area contributed by atoms with E-state index in [1.54, 1.807) is 23.8 Å². The zero-order chi connectivity index (χ0) is 23.6. The van der Waals surface area contributed by atoms with Crippen LogP contribution in [0.1, 0.15) is 50.2 Å². The molecule has 0 radical (unpaired) electrons. The van der Waals surface area contributed by atoms with E-state index in [4.69, 9.17) is 16.3 Å². The molecule has 0 heterocycles. The number of nitrogens with zero attached hydrogens (tertiary/aromatic N) is 1. The second kappa shape index (κ2) is 12.9. The standard InChI is InChI=1S/C26H33ClN2O3S/c1-3-24(26(31)28-22-8-4-5-9-22)29(16-20-7-6-10-23(15-20)32-2)25(30)18-33-17-19-11-13-21(27)14-12-19/h6-7,10-15,22,24H,3-5,8-9,16-18H2,1-2H3,(H,28,31)/t24-/m0/s1. The number of hydrogen-bond acceptors (Lipinski definition) is 4. The number of benzene rings is 2. The van der Waals surface area contributed by atoms with Crippen LogP contribution in [0.25, 0.3) is 0 Å². The highest BCUT2D eigenvalue weighted by Crippen LogP contribution is 2.22. The van der Waals surface area contributed by atoms with Crippen molar-refractivity contribution in [2.75, 3.05) is 12.9 Å². The van der Waals surface area contributed by atoms with Crippen LogP contribution in [-0.4, -0.2) is 41.7 Å². The normalized spacial score (nSPS) is 14.6. The zero-order valence-corrected chi connectivity index (χ0v) is 21.0. The first-order valence-corrected chi connectivity index (χ1v) is 13.1. The molecular weight excluding hydrogens is 456 g/mol. The summed E-state index contributed by atoms with van der Waals surface area (Å²) in [6, 6.07) is 15.0. The van der Waals surface area contributed by atoms with Crippen molar-refractivity contribution in [1.29, 1.82) is 0 Å². The summed E-state index contributed by atoms with van der Waals surface area (Å²) < 4.78 is 5.35. The van der Waals surface area contributed by atoms with Crippen molar-refractivity contribution in [3.05, 3.63) is 64.7 Å². The number of amides is 2. The summed E-state index contributed by atoms with van der Waals surface area (Å²) in [5.74, 6) is 1.66. The van der Waals surface area contributed by atoms with E-state index >= 15 is 0 Å². The van der Waals surface area contributed by atoms with Gasteiger partial charge in [0, 0.05) is 23.4 Å². The van der Waals surface area contributed by atoms with Crippen LogP contribution < -0.4 is 10.1 Å². The molecule has 0 saturated heterocycles. The lowest BCUT2D eigenvalue weighted by atomic mass is 10.1. The van der Waals surface area contributed by atoms with Gasteiger partial charge >= 0.3 is 0 Å². The molecule has 2 aromatic carbocycles. The number of carbonyl (C=O) groups is 2. The number of nitrogens with one attached hydrogen (secondary N) is 1. The van der Waals surface area contributed by atoms with Crippen molar-refractivity contribution < 1.29 is 14.3 Å². The molecule has 2 aromatic rings. The van der Waals surface area contributed by atoms with Crippen LogP contribution in [0.3, 0.4) is 0 Å². The summed E-state index contributed by atoms with van der Waals surface area (Å²) in [5, 5.41) is 3.88. The van der Waals surface area contributed by atoms with E-state index < -0.39 is 6.04 Å². The third-order valence-corrected chi connectivity index (χ3v) is 7.22. The number of hydrogen-bond donors (Lipinski definition) is 1. The first kappa shape index (κ1) is 25.4. The number of methoxy groups -OCH3 is 1. The number of carbonyl (C=O) groups excluding carboxylic acids is 2. The first-order valence-electron chi connectivity index (χ1n) is 11.5. The summed E-state index contributed by atoms with van der Waals surface area (Å²) in [4.78, 5) is 28.3. The number of rotatable bonds is 11. The molecule has 1 aliphatic rings. The predicted octanol–water partition coefficient (Wildman–Crippen LogP) is 5.45. The van der Waals surface area contributed by atoms with Crippen molar-refractivity contribution >= 4 is 35.2 Å². The van der Waals surface area contributed by atoms with Gasteiger partial charge in [-0.25, -0.2) is 0 Å². The van der Waals surface area contributed by atoms with E-state index in [0.717, 1.165) is 42.6 Å². The van der Waals surface area contributed by atoms with Gasteiger partial charge in [-0.2, -0.15) is 0 Å². The predicted molar refractivity (Wildman–Crippen MR) is 136 cm³/mol. The number of thioether (sulfide) groups is 1. The van der Waals surface area contributed by atoms with Crippen LogP contribution in [0.2, 0.25) is 5.02 Å². The molecule has 0 aliphatic heterocycles. The average Bonchev–Trinajstić information content (AvgIpc) is 3.33. The van der Waals surface area contributed by atoms with E-state index in [2.05, 4.69) is 5.32 Å². The van der Waals surface area contributed by atoms with Crippen molar-refractivity contribution in [3.63, 3.8) is 0 Å². The summed E-state index contributed by atoms with van der Waals surface area (Å²) >= 11 is 7.51. The first-order chi connectivity index (χ1) is 16.0. The Morgan fingerprint density at radius 1 is 1.15 bits per heavy atom. The molecule has 1 saturated carbocycles. The van der Waals surface area contributed by atoms with Crippen molar-refractivity contribution in [2.24, 2.45) is 0 Å². The lowest BCUT2D eigenvalue weighted by molar-refractivity contribution is -0.139. The molecule has 0 bridgehead atoms. The third kappa shape index (κ3) is 7.68. The summed E-state index contributed by atoms with van der Waals surface area (Å²) in [5.41, 5.74) is 2.06. The Balaban J connectivity index is 1.71. The van der Waals surface area contributed by atoms with Gasteiger partial charge in [-0.3, -0.25) is 9.59 Å². The molecule has 5 nitrogen and oxygen atoms in total. The SMILES string of the molecule is CC[C@@H](C(=O)NC1CCCC1)N(Cc1cccc(OC)c1)C(=O)CSCc1ccc(Cl)cc1. The minimum Gasteiger partial charge on any atom is -0.497 e. The minimum absolute atomic E-state index is 0.0368. The molecule has 0 spiro atoms. The molecule has 0 unspecified atom stereocenters. The molecule has 3 rings (SSSR count). The molecule has 2 amide bonds. The second-order valence-corrected chi connectivity index (χ2v) is 9.83. The van der Waals surface area contributed by atoms with E-state index in [1.807, 2.05) is 55.5 Å². The van der Waals surface area contributed by atoms with Crippen molar-refractivity contribution in [1.82, 2.24) is 10.2 Å². The maximum absolute atomic E-state index is 13.4. The minimum atomic E-state index is -0.500. The zero-order valence-electron chi connectivity index (χ0n) is 19.4. The smallest absolute Gasteiger partial charge is 0.243 e. The Hall–Kier alpha value is -2.18. The fourth-order valence-electron chi connectivity index (χ4n) is 4.17. The Morgan fingerprint density at radius 2 is 1.88 bits per heavy atom. The van der Waals surface area contributed by atoms with Gasteiger partial charge in [0.2, 0.25) is 11.8 Å². The van der Waals surface area contributed by atoms with E-state index in [0.29, 0.717) is 29.5 Å². The third-order valence-electron chi connectivity index (χ3n) is 5.98. The highest BCUT2D eigenvalue weighted by molar-refractivity contribution is 7.99. The molecule has 33 heavy (non-hydrogen) atoms. The van der Waals surface area contributed by atoms with Gasteiger partial charge in [0.15, 0.2) is 0 Å². The highest BCUT2D eigenvalue weighted by atomic mass is 35.5. The van der Waals surface area contributed by atoms with Gasteiger partial charge in [0.05, 0.1) is 12.9 Å². The lowest BCUT2D eigenvalue weighted by Gasteiger charge is -2.31. The maximum atomic E-state index is 13.4. The van der Waals surface area contributed by atoms with Crippen LogP contribution in [0.4, 0.5) is 0 Å². The molecular formula is C26H33ClN2O3S. The molecule has 0 aromatic heterocycles. The van der Waals surface area contributed by atoms with Gasteiger partial charge in [0.1, 0.15) is 11.8 Å². The summed E-state index contributed by atoms with van der Waals surface area (Å²) in [6.45, 7) is 2.33. The Labute approximate surface area is 206 Å². The van der Waals surface area contributed by atoms with Crippen LogP contribution in [0, 0.1) is 0 Å². The Bertz CT molecular complexity index is 916.